The fourth-order valence-electron chi connectivity index (χ4n) is 3.07. The molecule has 1 saturated heterocycles. The molecule has 0 unspecified atom stereocenters. The van der Waals surface area contributed by atoms with E-state index in [9.17, 15) is 19.2 Å². The molecule has 3 amide bonds. The SMILES string of the molecule is CSC[C@@H](NC(=O)[C@@H](C)NC(=O)[C@@H]1CCCN1C(=O)OCc1ccccc1)C(=O)O. The molecule has 1 fully saturated rings. The first-order valence-corrected chi connectivity index (χ1v) is 11.0. The molecule has 0 aliphatic carbocycles. The van der Waals surface area contributed by atoms with Gasteiger partial charge in [-0.2, -0.15) is 11.8 Å². The van der Waals surface area contributed by atoms with Crippen LogP contribution in [0.2, 0.25) is 0 Å². The van der Waals surface area contributed by atoms with Crippen molar-refractivity contribution >= 4 is 35.6 Å². The maximum Gasteiger partial charge on any atom is 0.410 e. The predicted molar refractivity (Wildman–Crippen MR) is 112 cm³/mol. The Morgan fingerprint density at radius 2 is 1.93 bits per heavy atom. The lowest BCUT2D eigenvalue weighted by molar-refractivity contribution is -0.141. The van der Waals surface area contributed by atoms with Gasteiger partial charge >= 0.3 is 12.1 Å². The van der Waals surface area contributed by atoms with Gasteiger partial charge in [-0.1, -0.05) is 30.3 Å². The van der Waals surface area contributed by atoms with Crippen LogP contribution < -0.4 is 10.6 Å². The summed E-state index contributed by atoms with van der Waals surface area (Å²) in [5, 5.41) is 14.1. The zero-order chi connectivity index (χ0) is 22.1. The summed E-state index contributed by atoms with van der Waals surface area (Å²) >= 11 is 1.29. The van der Waals surface area contributed by atoms with E-state index in [2.05, 4.69) is 10.6 Å². The van der Waals surface area contributed by atoms with Gasteiger partial charge < -0.3 is 20.5 Å². The highest BCUT2D eigenvalue weighted by molar-refractivity contribution is 7.98. The molecule has 10 heteroatoms. The first kappa shape index (κ1) is 23.5. The summed E-state index contributed by atoms with van der Waals surface area (Å²) in [6.45, 7) is 1.97. The molecule has 3 N–H and O–H groups in total. The lowest BCUT2D eigenvalue weighted by Crippen LogP contribution is -2.54. The van der Waals surface area contributed by atoms with Crippen molar-refractivity contribution < 1.29 is 29.0 Å². The highest BCUT2D eigenvalue weighted by atomic mass is 32.2. The van der Waals surface area contributed by atoms with E-state index in [1.807, 2.05) is 30.3 Å². The smallest absolute Gasteiger partial charge is 0.410 e. The van der Waals surface area contributed by atoms with Crippen molar-refractivity contribution in [3.05, 3.63) is 35.9 Å². The quantitative estimate of drug-likeness (QED) is 0.530. The second kappa shape index (κ2) is 11.4. The largest absolute Gasteiger partial charge is 0.480 e. The molecule has 0 saturated carbocycles. The molecule has 30 heavy (non-hydrogen) atoms. The number of hydrogen-bond acceptors (Lipinski definition) is 6. The number of carbonyl (C=O) groups is 4. The highest BCUT2D eigenvalue weighted by Gasteiger charge is 2.36. The highest BCUT2D eigenvalue weighted by Crippen LogP contribution is 2.19. The van der Waals surface area contributed by atoms with Gasteiger partial charge in [0.2, 0.25) is 11.8 Å². The molecule has 0 radical (unpaired) electrons. The summed E-state index contributed by atoms with van der Waals surface area (Å²) in [4.78, 5) is 49.9. The van der Waals surface area contributed by atoms with E-state index in [-0.39, 0.29) is 12.4 Å². The number of carboxylic acid groups (broad SMARTS) is 1. The van der Waals surface area contributed by atoms with Crippen LogP contribution in [-0.4, -0.2) is 70.6 Å². The van der Waals surface area contributed by atoms with Gasteiger partial charge in [0.1, 0.15) is 24.7 Å². The lowest BCUT2D eigenvalue weighted by Gasteiger charge is -2.25. The number of likely N-dealkylation sites (tertiary alicyclic amines) is 1. The summed E-state index contributed by atoms with van der Waals surface area (Å²) in [5.74, 6) is -1.99. The Labute approximate surface area is 179 Å². The topological polar surface area (TPSA) is 125 Å². The monoisotopic (exact) mass is 437 g/mol. The molecule has 2 rings (SSSR count). The number of nitrogens with one attached hydrogen (secondary N) is 2. The molecule has 9 nitrogen and oxygen atoms in total. The van der Waals surface area contributed by atoms with E-state index >= 15 is 0 Å². The zero-order valence-electron chi connectivity index (χ0n) is 17.0. The van der Waals surface area contributed by atoms with Gasteiger partial charge in [-0.25, -0.2) is 9.59 Å². The third-order valence-corrected chi connectivity index (χ3v) is 5.36. The van der Waals surface area contributed by atoms with Gasteiger partial charge in [0, 0.05) is 12.3 Å². The molecule has 1 aliphatic rings. The Balaban J connectivity index is 1.88. The minimum Gasteiger partial charge on any atom is -0.480 e. The first-order chi connectivity index (χ1) is 14.3. The first-order valence-electron chi connectivity index (χ1n) is 9.63. The number of ether oxygens (including phenoxy) is 1. The van der Waals surface area contributed by atoms with Crippen molar-refractivity contribution in [3.63, 3.8) is 0 Å². The fraction of sp³-hybridized carbons (Fsp3) is 0.500. The van der Waals surface area contributed by atoms with Gasteiger partial charge in [0.25, 0.3) is 0 Å². The molecule has 164 valence electrons. The number of amides is 3. The van der Waals surface area contributed by atoms with Crippen LogP contribution in [0.4, 0.5) is 4.79 Å². The molecule has 1 aromatic carbocycles. The normalized spacial score (nSPS) is 17.7. The molecular weight excluding hydrogens is 410 g/mol. The van der Waals surface area contributed by atoms with E-state index < -0.39 is 42.0 Å². The average Bonchev–Trinajstić information content (AvgIpc) is 3.22. The third-order valence-electron chi connectivity index (χ3n) is 4.70. The Bertz CT molecular complexity index is 760. The average molecular weight is 438 g/mol. The van der Waals surface area contributed by atoms with Gasteiger partial charge in [0.15, 0.2) is 0 Å². The molecular formula is C20H27N3O6S. The predicted octanol–water partition coefficient (Wildman–Crippen LogP) is 1.22. The van der Waals surface area contributed by atoms with Gasteiger partial charge in [-0.15, -0.1) is 0 Å². The van der Waals surface area contributed by atoms with E-state index in [0.717, 1.165) is 5.56 Å². The molecule has 0 aromatic heterocycles. The summed E-state index contributed by atoms with van der Waals surface area (Å²) in [5.41, 5.74) is 0.842. The summed E-state index contributed by atoms with van der Waals surface area (Å²) in [6, 6.07) is 6.51. The van der Waals surface area contributed by atoms with Gasteiger partial charge in [-0.05, 0) is 31.6 Å². The van der Waals surface area contributed by atoms with E-state index in [0.29, 0.717) is 19.4 Å². The van der Waals surface area contributed by atoms with E-state index in [1.165, 1.54) is 23.6 Å². The van der Waals surface area contributed by atoms with Crippen LogP contribution in [0.25, 0.3) is 0 Å². The number of rotatable bonds is 9. The summed E-state index contributed by atoms with van der Waals surface area (Å²) in [6.07, 6.45) is 2.26. The van der Waals surface area contributed by atoms with Crippen LogP contribution in [0, 0.1) is 0 Å². The maximum atomic E-state index is 12.6. The number of thioether (sulfide) groups is 1. The minimum absolute atomic E-state index is 0.106. The summed E-state index contributed by atoms with van der Waals surface area (Å²) < 4.78 is 5.31. The van der Waals surface area contributed by atoms with Crippen LogP contribution in [0.15, 0.2) is 30.3 Å². The van der Waals surface area contributed by atoms with Gasteiger partial charge in [0.05, 0.1) is 0 Å². The van der Waals surface area contributed by atoms with Crippen LogP contribution in [0.5, 0.6) is 0 Å². The number of nitrogens with zero attached hydrogens (tertiary/aromatic N) is 1. The van der Waals surface area contributed by atoms with Crippen LogP contribution in [-0.2, 0) is 25.7 Å². The Kier molecular flexibility index (Phi) is 8.97. The van der Waals surface area contributed by atoms with Crippen molar-refractivity contribution in [3.8, 4) is 0 Å². The molecule has 1 aromatic rings. The summed E-state index contributed by atoms with van der Waals surface area (Å²) in [7, 11) is 0. The van der Waals surface area contributed by atoms with Crippen LogP contribution in [0.1, 0.15) is 25.3 Å². The maximum absolute atomic E-state index is 12.6. The fourth-order valence-corrected chi connectivity index (χ4v) is 3.63. The minimum atomic E-state index is -1.14. The van der Waals surface area contributed by atoms with Crippen LogP contribution >= 0.6 is 11.8 Å². The molecule has 3 atom stereocenters. The van der Waals surface area contributed by atoms with Crippen molar-refractivity contribution in [1.29, 1.82) is 0 Å². The van der Waals surface area contributed by atoms with Crippen molar-refractivity contribution in [2.75, 3.05) is 18.6 Å². The molecule has 1 aliphatic heterocycles. The number of carboxylic acids is 1. The Morgan fingerprint density at radius 1 is 1.23 bits per heavy atom. The van der Waals surface area contributed by atoms with Crippen LogP contribution in [0.3, 0.4) is 0 Å². The van der Waals surface area contributed by atoms with E-state index in [4.69, 9.17) is 9.84 Å². The second-order valence-electron chi connectivity index (χ2n) is 6.98. The standard InChI is InChI=1S/C20H27N3O6S/c1-13(17(24)22-15(12-30-2)19(26)27)21-18(25)16-9-6-10-23(16)20(28)29-11-14-7-4-3-5-8-14/h3-5,7-8,13,15-16H,6,9-12H2,1-2H3,(H,21,25)(H,22,24)(H,26,27)/t13-,15-,16+/m1/s1. The molecule has 0 spiro atoms. The number of carbonyl (C=O) groups excluding carboxylic acids is 3. The molecule has 0 bridgehead atoms. The molecule has 1 heterocycles. The number of aliphatic carboxylic acids is 1. The Hall–Kier alpha value is -2.75. The number of benzene rings is 1. The number of hydrogen-bond donors (Lipinski definition) is 3. The second-order valence-corrected chi connectivity index (χ2v) is 7.89. The van der Waals surface area contributed by atoms with Gasteiger partial charge in [-0.3, -0.25) is 14.5 Å². The van der Waals surface area contributed by atoms with Crippen molar-refractivity contribution in [2.24, 2.45) is 0 Å². The van der Waals surface area contributed by atoms with Crippen molar-refractivity contribution in [2.45, 2.75) is 44.5 Å². The Morgan fingerprint density at radius 3 is 2.57 bits per heavy atom. The lowest BCUT2D eigenvalue weighted by atomic mass is 10.2. The zero-order valence-corrected chi connectivity index (χ0v) is 17.8. The third kappa shape index (κ3) is 6.65. The van der Waals surface area contributed by atoms with E-state index in [1.54, 1.807) is 6.26 Å². The van der Waals surface area contributed by atoms with Crippen molar-refractivity contribution in [1.82, 2.24) is 15.5 Å².